The topological polar surface area (TPSA) is 51.8 Å². The van der Waals surface area contributed by atoms with Crippen LogP contribution in [-0.2, 0) is 32.9 Å². The molecule has 0 aliphatic rings. The van der Waals surface area contributed by atoms with Gasteiger partial charge in [0.05, 0.1) is 5.58 Å². The van der Waals surface area contributed by atoms with E-state index in [1.165, 1.54) is 28.3 Å². The molecule has 7 aromatic rings. The molecule has 0 amide bonds. The minimum atomic E-state index is -2.29. The Balaban J connectivity index is 0.000000280. The molecule has 0 bridgehead atoms. The third-order valence-electron chi connectivity index (χ3n) is 7.73. The van der Waals surface area contributed by atoms with Gasteiger partial charge in [0, 0.05) is 47.7 Å². The first-order chi connectivity index (χ1) is 23.0. The second-order valence-corrected chi connectivity index (χ2v) is 11.8. The van der Waals surface area contributed by atoms with Gasteiger partial charge in [0.15, 0.2) is 0 Å². The summed E-state index contributed by atoms with van der Waals surface area (Å²) in [5.74, 6) is 0.637. The van der Waals surface area contributed by atoms with E-state index in [0.717, 1.165) is 51.7 Å². The van der Waals surface area contributed by atoms with Crippen LogP contribution in [0.25, 0.3) is 44.6 Å². The Bertz CT molecular complexity index is 2160. The van der Waals surface area contributed by atoms with Crippen molar-refractivity contribution in [2.75, 3.05) is 0 Å². The number of hydrogen-bond donors (Lipinski definition) is 0. The SMILES string of the molecule is Cc1ccc(-c2[c-]cccc2)nc1.[2H]C([2H])([2H])c1ccc2c(n1)oc1c(-c3cc(Cc4ccc(CC(C)C)cc4)c(C)cn3)[c-]ccc12.[Ir]. The Morgan fingerprint density at radius 3 is 2.33 bits per heavy atom. The summed E-state index contributed by atoms with van der Waals surface area (Å²) >= 11 is 0. The molecule has 1 radical (unpaired) electrons. The van der Waals surface area contributed by atoms with Gasteiger partial charge in [-0.2, -0.15) is 0 Å². The second kappa shape index (κ2) is 14.8. The van der Waals surface area contributed by atoms with E-state index in [1.807, 2.05) is 61.8 Å². The summed E-state index contributed by atoms with van der Waals surface area (Å²) in [6.07, 6.45) is 5.65. The molecule has 46 heavy (non-hydrogen) atoms. The van der Waals surface area contributed by atoms with E-state index in [2.05, 4.69) is 84.3 Å². The van der Waals surface area contributed by atoms with Crippen molar-refractivity contribution in [3.05, 3.63) is 149 Å². The average Bonchev–Trinajstić information content (AvgIpc) is 3.45. The van der Waals surface area contributed by atoms with E-state index in [9.17, 15) is 0 Å². The molecule has 0 spiro atoms. The number of benzene rings is 3. The van der Waals surface area contributed by atoms with E-state index in [1.54, 1.807) is 6.07 Å². The Morgan fingerprint density at radius 2 is 1.61 bits per heavy atom. The molecule has 0 aliphatic heterocycles. The average molecular weight is 783 g/mol. The van der Waals surface area contributed by atoms with Gasteiger partial charge in [0.25, 0.3) is 0 Å². The minimum Gasteiger partial charge on any atom is -0.486 e. The van der Waals surface area contributed by atoms with E-state index >= 15 is 0 Å². The molecule has 4 nitrogen and oxygen atoms in total. The van der Waals surface area contributed by atoms with Crippen molar-refractivity contribution >= 4 is 22.1 Å². The van der Waals surface area contributed by atoms with Gasteiger partial charge in [-0.1, -0.05) is 67.3 Å². The van der Waals surface area contributed by atoms with Gasteiger partial charge in [-0.3, -0.25) is 0 Å². The molecule has 0 saturated carbocycles. The summed E-state index contributed by atoms with van der Waals surface area (Å²) in [5, 5.41) is 1.64. The quantitative estimate of drug-likeness (QED) is 0.158. The van der Waals surface area contributed by atoms with E-state index < -0.39 is 6.85 Å². The fourth-order valence-electron chi connectivity index (χ4n) is 5.37. The Hall–Kier alpha value is -4.44. The molecule has 233 valence electrons. The largest absolute Gasteiger partial charge is 0.486 e. The molecule has 0 aliphatic carbocycles. The van der Waals surface area contributed by atoms with Gasteiger partial charge in [-0.15, -0.1) is 54.1 Å². The molecule has 5 heteroatoms. The van der Waals surface area contributed by atoms with Gasteiger partial charge in [0.1, 0.15) is 0 Å². The van der Waals surface area contributed by atoms with Crippen molar-refractivity contribution in [2.45, 2.75) is 47.4 Å². The third kappa shape index (κ3) is 7.67. The summed E-state index contributed by atoms with van der Waals surface area (Å²) in [4.78, 5) is 13.3. The predicted molar refractivity (Wildman–Crippen MR) is 184 cm³/mol. The summed E-state index contributed by atoms with van der Waals surface area (Å²) in [6.45, 7) is 6.29. The standard InChI is InChI=1S/C29H27N2O.C12H10N.Ir/c1-18(2)14-21-9-11-22(12-10-21)15-23-16-27(30-17-19(23)3)26-7-5-6-24-25-13-8-20(4)31-29(25)32-28(24)26;1-10-7-8-12(13-9-10)11-5-3-2-4-6-11;/h5-6,8-13,16-18H,14-15H2,1-4H3;2-5,7-9H,1H3;/q2*-1;/i4D3;;. The van der Waals surface area contributed by atoms with Crippen molar-refractivity contribution in [2.24, 2.45) is 5.92 Å². The summed E-state index contributed by atoms with van der Waals surface area (Å²) in [7, 11) is 0. The van der Waals surface area contributed by atoms with Crippen LogP contribution in [0.1, 0.15) is 51.5 Å². The van der Waals surface area contributed by atoms with E-state index in [4.69, 9.17) is 8.53 Å². The van der Waals surface area contributed by atoms with Crippen LogP contribution in [0.5, 0.6) is 0 Å². The van der Waals surface area contributed by atoms with Gasteiger partial charge >= 0.3 is 0 Å². The van der Waals surface area contributed by atoms with Crippen molar-refractivity contribution in [3.63, 3.8) is 0 Å². The zero-order valence-corrected chi connectivity index (χ0v) is 28.8. The normalized spacial score (nSPS) is 12.2. The fraction of sp³-hybridized carbons (Fsp3) is 0.195. The van der Waals surface area contributed by atoms with Crippen molar-refractivity contribution in [3.8, 4) is 22.5 Å². The fourth-order valence-corrected chi connectivity index (χ4v) is 5.37. The van der Waals surface area contributed by atoms with Crippen LogP contribution >= 0.6 is 0 Å². The molecule has 3 aromatic carbocycles. The van der Waals surface area contributed by atoms with Crippen LogP contribution in [0.4, 0.5) is 0 Å². The molecule has 0 atom stereocenters. The van der Waals surface area contributed by atoms with E-state index in [-0.39, 0.29) is 25.8 Å². The number of nitrogens with zero attached hydrogens (tertiary/aromatic N) is 3. The number of pyridine rings is 3. The maximum absolute atomic E-state index is 7.65. The molecular formula is C41H37IrN3O-2. The number of fused-ring (bicyclic) bond motifs is 3. The van der Waals surface area contributed by atoms with Crippen LogP contribution in [0.15, 0.2) is 108 Å². The molecule has 0 N–H and O–H groups in total. The smallest absolute Gasteiger partial charge is 0.216 e. The van der Waals surface area contributed by atoms with Gasteiger partial charge in [-0.25, -0.2) is 4.98 Å². The van der Waals surface area contributed by atoms with Gasteiger partial charge in [0.2, 0.25) is 5.71 Å². The number of rotatable bonds is 6. The number of furan rings is 1. The maximum Gasteiger partial charge on any atom is 0.216 e. The Morgan fingerprint density at radius 1 is 0.804 bits per heavy atom. The zero-order valence-electron chi connectivity index (χ0n) is 29.4. The van der Waals surface area contributed by atoms with Crippen molar-refractivity contribution in [1.29, 1.82) is 0 Å². The summed E-state index contributed by atoms with van der Waals surface area (Å²) in [5.41, 5.74) is 10.6. The van der Waals surface area contributed by atoms with Crippen LogP contribution in [0, 0.1) is 38.8 Å². The van der Waals surface area contributed by atoms with Crippen LogP contribution < -0.4 is 0 Å². The minimum absolute atomic E-state index is 0. The molecule has 0 fully saturated rings. The maximum atomic E-state index is 7.65. The number of aryl methyl sites for hydroxylation is 3. The molecule has 4 heterocycles. The van der Waals surface area contributed by atoms with Gasteiger partial charge in [-0.05, 0) is 90.8 Å². The first-order valence-corrected chi connectivity index (χ1v) is 15.2. The van der Waals surface area contributed by atoms with Crippen molar-refractivity contribution in [1.82, 2.24) is 15.0 Å². The Kier molecular flexibility index (Phi) is 9.31. The summed E-state index contributed by atoms with van der Waals surface area (Å²) < 4.78 is 29.0. The molecule has 0 saturated heterocycles. The Labute approximate surface area is 289 Å². The van der Waals surface area contributed by atoms with Crippen LogP contribution in [0.3, 0.4) is 0 Å². The number of aromatic nitrogens is 3. The summed E-state index contributed by atoms with van der Waals surface area (Å²) in [6, 6.07) is 36.3. The van der Waals surface area contributed by atoms with E-state index in [0.29, 0.717) is 17.2 Å². The second-order valence-electron chi connectivity index (χ2n) is 11.8. The first-order valence-electron chi connectivity index (χ1n) is 16.7. The molecule has 7 rings (SSSR count). The molecule has 0 unspecified atom stereocenters. The monoisotopic (exact) mass is 783 g/mol. The number of hydrogen-bond acceptors (Lipinski definition) is 4. The van der Waals surface area contributed by atoms with Crippen LogP contribution in [-0.4, -0.2) is 15.0 Å². The van der Waals surface area contributed by atoms with Gasteiger partial charge < -0.3 is 14.4 Å². The predicted octanol–water partition coefficient (Wildman–Crippen LogP) is 10.1. The molecular weight excluding hydrogens is 743 g/mol. The van der Waals surface area contributed by atoms with Crippen molar-refractivity contribution < 1.29 is 28.6 Å². The zero-order chi connectivity index (χ0) is 33.8. The van der Waals surface area contributed by atoms with Crippen LogP contribution in [0.2, 0.25) is 0 Å². The first kappa shape index (κ1) is 29.0. The molecule has 4 aromatic heterocycles. The third-order valence-corrected chi connectivity index (χ3v) is 7.73.